The topological polar surface area (TPSA) is 89.6 Å². The average molecular weight is 281 g/mol. The van der Waals surface area contributed by atoms with E-state index in [4.69, 9.17) is 10.8 Å². The number of amides is 1. The number of carbonyl (C=O) groups is 2. The molecular weight excluding hydrogens is 274 g/mol. The minimum absolute atomic E-state index is 0.353. The van der Waals surface area contributed by atoms with Gasteiger partial charge in [-0.15, -0.1) is 0 Å². The molecule has 1 aromatic carbocycles. The van der Waals surface area contributed by atoms with E-state index in [2.05, 4.69) is 4.74 Å². The molecule has 9 heteroatoms. The van der Waals surface area contributed by atoms with Crippen molar-refractivity contribution in [2.45, 2.75) is 12.5 Å². The van der Waals surface area contributed by atoms with Gasteiger partial charge in [0.05, 0.1) is 5.56 Å². The molecule has 19 heavy (non-hydrogen) atoms. The number of primary amides is 1. The van der Waals surface area contributed by atoms with E-state index < -0.39 is 41.3 Å². The van der Waals surface area contributed by atoms with Crippen LogP contribution in [0.15, 0.2) is 18.2 Å². The number of ether oxygens (including phenoxy) is 1. The Morgan fingerprint density at radius 1 is 1.32 bits per heavy atom. The zero-order valence-corrected chi connectivity index (χ0v) is 9.07. The van der Waals surface area contributed by atoms with Crippen LogP contribution in [-0.2, 0) is 11.0 Å². The first-order valence-electron chi connectivity index (χ1n) is 4.67. The summed E-state index contributed by atoms with van der Waals surface area (Å²) in [6, 6.07) is 1.84. The lowest BCUT2D eigenvalue weighted by molar-refractivity contribution is -0.156. The molecule has 1 amide bonds. The second kappa shape index (κ2) is 5.12. The fourth-order valence-corrected chi connectivity index (χ4v) is 1.17. The SMILES string of the molecule is NC(=O)c1ccc(OC(F)C(=O)O)c(C(F)(F)F)c1. The molecule has 3 N–H and O–H groups in total. The van der Waals surface area contributed by atoms with E-state index in [9.17, 15) is 27.2 Å². The first-order valence-corrected chi connectivity index (χ1v) is 4.67. The second-order valence-corrected chi connectivity index (χ2v) is 3.35. The Morgan fingerprint density at radius 2 is 1.89 bits per heavy atom. The molecule has 0 fully saturated rings. The summed E-state index contributed by atoms with van der Waals surface area (Å²) in [6.45, 7) is 0. The molecular formula is C10H7F4NO4. The van der Waals surface area contributed by atoms with Crippen LogP contribution in [0.1, 0.15) is 15.9 Å². The summed E-state index contributed by atoms with van der Waals surface area (Å²) in [6.07, 6.45) is -7.92. The van der Waals surface area contributed by atoms with E-state index in [0.717, 1.165) is 6.07 Å². The monoisotopic (exact) mass is 281 g/mol. The Bertz CT molecular complexity index is 515. The number of rotatable bonds is 4. The van der Waals surface area contributed by atoms with E-state index >= 15 is 0 Å². The van der Waals surface area contributed by atoms with Crippen molar-refractivity contribution in [2.24, 2.45) is 5.73 Å². The van der Waals surface area contributed by atoms with Gasteiger partial charge in [0.15, 0.2) is 0 Å². The molecule has 1 atom stereocenters. The highest BCUT2D eigenvalue weighted by Gasteiger charge is 2.36. The fraction of sp³-hybridized carbons (Fsp3) is 0.200. The van der Waals surface area contributed by atoms with Crippen LogP contribution in [0, 0.1) is 0 Å². The summed E-state index contributed by atoms with van der Waals surface area (Å²) < 4.78 is 54.7. The van der Waals surface area contributed by atoms with Gasteiger partial charge in [0, 0.05) is 5.56 Å². The van der Waals surface area contributed by atoms with Gasteiger partial charge in [0.1, 0.15) is 5.75 Å². The highest BCUT2D eigenvalue weighted by molar-refractivity contribution is 5.93. The average Bonchev–Trinajstić information content (AvgIpc) is 2.27. The summed E-state index contributed by atoms with van der Waals surface area (Å²) in [7, 11) is 0. The van der Waals surface area contributed by atoms with Gasteiger partial charge >= 0.3 is 18.5 Å². The van der Waals surface area contributed by atoms with Gasteiger partial charge in [-0.25, -0.2) is 4.79 Å². The van der Waals surface area contributed by atoms with Crippen molar-refractivity contribution in [3.8, 4) is 5.75 Å². The van der Waals surface area contributed by atoms with Gasteiger partial charge in [-0.05, 0) is 18.2 Å². The van der Waals surface area contributed by atoms with E-state index in [0.29, 0.717) is 12.1 Å². The van der Waals surface area contributed by atoms with Crippen LogP contribution in [0.25, 0.3) is 0 Å². The number of carboxylic acid groups (broad SMARTS) is 1. The van der Waals surface area contributed by atoms with Crippen LogP contribution in [0.5, 0.6) is 5.75 Å². The first kappa shape index (κ1) is 14.7. The third-order valence-electron chi connectivity index (χ3n) is 1.99. The van der Waals surface area contributed by atoms with Crippen LogP contribution in [0.3, 0.4) is 0 Å². The molecule has 0 aliphatic carbocycles. The van der Waals surface area contributed by atoms with E-state index in [-0.39, 0.29) is 0 Å². The van der Waals surface area contributed by atoms with Gasteiger partial charge in [0.2, 0.25) is 5.91 Å². The van der Waals surface area contributed by atoms with Crippen molar-refractivity contribution in [1.29, 1.82) is 0 Å². The van der Waals surface area contributed by atoms with Crippen molar-refractivity contribution in [1.82, 2.24) is 0 Å². The molecule has 0 radical (unpaired) electrons. The number of carbonyl (C=O) groups excluding carboxylic acids is 1. The second-order valence-electron chi connectivity index (χ2n) is 3.35. The van der Waals surface area contributed by atoms with Crippen molar-refractivity contribution in [3.63, 3.8) is 0 Å². The molecule has 0 saturated carbocycles. The van der Waals surface area contributed by atoms with Crippen molar-refractivity contribution >= 4 is 11.9 Å². The molecule has 1 rings (SSSR count). The summed E-state index contributed by atoms with van der Waals surface area (Å²) in [5.74, 6) is -4.24. The maximum absolute atomic E-state index is 12.8. The maximum atomic E-state index is 12.8. The lowest BCUT2D eigenvalue weighted by atomic mass is 10.1. The highest BCUT2D eigenvalue weighted by Crippen LogP contribution is 2.37. The largest absolute Gasteiger partial charge is 0.476 e. The highest BCUT2D eigenvalue weighted by atomic mass is 19.4. The smallest absolute Gasteiger partial charge is 0.419 e. The van der Waals surface area contributed by atoms with Crippen LogP contribution in [-0.4, -0.2) is 23.3 Å². The minimum atomic E-state index is -4.96. The Hall–Kier alpha value is -2.32. The van der Waals surface area contributed by atoms with E-state index in [1.54, 1.807) is 0 Å². The third-order valence-corrected chi connectivity index (χ3v) is 1.99. The Labute approximate surface area is 103 Å². The first-order chi connectivity index (χ1) is 8.62. The quantitative estimate of drug-likeness (QED) is 0.819. The number of halogens is 4. The number of carboxylic acids is 1. The zero-order chi connectivity index (χ0) is 14.8. The number of hydrogen-bond acceptors (Lipinski definition) is 3. The van der Waals surface area contributed by atoms with Crippen LogP contribution in [0.2, 0.25) is 0 Å². The molecule has 104 valence electrons. The van der Waals surface area contributed by atoms with Crippen LogP contribution < -0.4 is 10.5 Å². The molecule has 0 aliphatic heterocycles. The molecule has 0 heterocycles. The number of alkyl halides is 4. The van der Waals surface area contributed by atoms with Crippen LogP contribution in [0.4, 0.5) is 17.6 Å². The predicted octanol–water partition coefficient (Wildman–Crippen LogP) is 1.56. The molecule has 0 bridgehead atoms. The number of benzene rings is 1. The molecule has 0 aliphatic rings. The lowest BCUT2D eigenvalue weighted by Crippen LogP contribution is -2.23. The molecule has 0 saturated heterocycles. The molecule has 1 aromatic rings. The molecule has 5 nitrogen and oxygen atoms in total. The lowest BCUT2D eigenvalue weighted by Gasteiger charge is -2.15. The van der Waals surface area contributed by atoms with E-state index in [1.165, 1.54) is 0 Å². The van der Waals surface area contributed by atoms with Gasteiger partial charge < -0.3 is 15.6 Å². The molecule has 0 aromatic heterocycles. The van der Waals surface area contributed by atoms with Gasteiger partial charge in [-0.1, -0.05) is 0 Å². The summed E-state index contributed by atoms with van der Waals surface area (Å²) in [5, 5.41) is 8.22. The maximum Gasteiger partial charge on any atom is 0.419 e. The third kappa shape index (κ3) is 3.57. The number of nitrogens with two attached hydrogens (primary N) is 1. The van der Waals surface area contributed by atoms with E-state index in [1.807, 2.05) is 0 Å². The Balaban J connectivity index is 3.24. The summed E-state index contributed by atoms with van der Waals surface area (Å²) in [4.78, 5) is 21.0. The molecule has 0 spiro atoms. The van der Waals surface area contributed by atoms with Crippen molar-refractivity contribution < 1.29 is 37.0 Å². The van der Waals surface area contributed by atoms with Gasteiger partial charge in [-0.2, -0.15) is 17.6 Å². The summed E-state index contributed by atoms with van der Waals surface area (Å²) >= 11 is 0. The van der Waals surface area contributed by atoms with Gasteiger partial charge in [0.25, 0.3) is 0 Å². The number of aliphatic carboxylic acids is 1. The fourth-order valence-electron chi connectivity index (χ4n) is 1.17. The van der Waals surface area contributed by atoms with Crippen LogP contribution >= 0.6 is 0 Å². The normalized spacial score (nSPS) is 12.8. The minimum Gasteiger partial charge on any atom is -0.476 e. The Kier molecular flexibility index (Phi) is 3.98. The van der Waals surface area contributed by atoms with Crippen molar-refractivity contribution in [2.75, 3.05) is 0 Å². The Morgan fingerprint density at radius 3 is 2.32 bits per heavy atom. The molecule has 1 unspecified atom stereocenters. The van der Waals surface area contributed by atoms with Gasteiger partial charge in [-0.3, -0.25) is 4.79 Å². The number of hydrogen-bond donors (Lipinski definition) is 2. The summed E-state index contributed by atoms with van der Waals surface area (Å²) in [5.41, 5.74) is 2.85. The van der Waals surface area contributed by atoms with Crippen molar-refractivity contribution in [3.05, 3.63) is 29.3 Å². The predicted molar refractivity (Wildman–Crippen MR) is 53.1 cm³/mol. The zero-order valence-electron chi connectivity index (χ0n) is 9.07. The standard InChI is InChI=1S/C10H7F4NO4/c11-7(9(17)18)19-6-2-1-4(8(15)16)3-5(6)10(12,13)14/h1-3,7H,(H2,15,16)(H,17,18).